The van der Waals surface area contributed by atoms with Gasteiger partial charge in [0.2, 0.25) is 5.88 Å². The fourth-order valence-electron chi connectivity index (χ4n) is 1.92. The van der Waals surface area contributed by atoms with Crippen LogP contribution in [0.15, 0.2) is 35.1 Å². The van der Waals surface area contributed by atoms with E-state index in [4.69, 9.17) is 12.2 Å². The van der Waals surface area contributed by atoms with Gasteiger partial charge in [0, 0.05) is 0 Å². The molecular formula is C14H16N2O2S. The van der Waals surface area contributed by atoms with Gasteiger partial charge < -0.3 is 5.11 Å². The van der Waals surface area contributed by atoms with Crippen LogP contribution in [0.2, 0.25) is 0 Å². The molecule has 0 aliphatic rings. The lowest BCUT2D eigenvalue weighted by Gasteiger charge is -2.12. The number of H-pyrrole nitrogens is 1. The van der Waals surface area contributed by atoms with Crippen LogP contribution >= 0.6 is 12.2 Å². The van der Waals surface area contributed by atoms with E-state index in [1.807, 2.05) is 24.3 Å². The lowest BCUT2D eigenvalue weighted by molar-refractivity contribution is 0.433. The van der Waals surface area contributed by atoms with Gasteiger partial charge in [-0.2, -0.15) is 0 Å². The molecule has 1 unspecified atom stereocenters. The topological polar surface area (TPSA) is 58.0 Å². The molecule has 19 heavy (non-hydrogen) atoms. The molecule has 2 N–H and O–H groups in total. The van der Waals surface area contributed by atoms with Crippen molar-refractivity contribution in [3.8, 4) is 11.6 Å². The van der Waals surface area contributed by atoms with E-state index < -0.39 is 5.56 Å². The molecule has 0 radical (unpaired) electrons. The number of aromatic hydroxyl groups is 1. The van der Waals surface area contributed by atoms with Gasteiger partial charge in [0.05, 0.1) is 11.8 Å². The standard InChI is InChI=1S/C14H16N2O2S/c1-3-9(2)10-4-6-11(7-5-10)16-13(18)8-12(17)15-14(16)19/h4-9,18H,3H2,1-2H3,(H,15,17,19). The van der Waals surface area contributed by atoms with E-state index in [1.54, 1.807) is 0 Å². The quantitative estimate of drug-likeness (QED) is 0.847. The molecule has 1 atom stereocenters. The van der Waals surface area contributed by atoms with Gasteiger partial charge in [-0.25, -0.2) is 0 Å². The summed E-state index contributed by atoms with van der Waals surface area (Å²) in [6.07, 6.45) is 1.07. The van der Waals surface area contributed by atoms with Crippen molar-refractivity contribution in [3.05, 3.63) is 51.0 Å². The fraction of sp³-hybridized carbons (Fsp3) is 0.286. The summed E-state index contributed by atoms with van der Waals surface area (Å²) in [5, 5.41) is 9.83. The second-order valence-corrected chi connectivity index (χ2v) is 4.92. The van der Waals surface area contributed by atoms with Gasteiger partial charge in [0.15, 0.2) is 4.77 Å². The molecule has 1 aromatic carbocycles. The number of nitrogens with one attached hydrogen (secondary N) is 1. The zero-order chi connectivity index (χ0) is 14.0. The van der Waals surface area contributed by atoms with E-state index in [2.05, 4.69) is 18.8 Å². The molecular weight excluding hydrogens is 260 g/mol. The first-order valence-electron chi connectivity index (χ1n) is 6.18. The van der Waals surface area contributed by atoms with Gasteiger partial charge in [0.25, 0.3) is 5.56 Å². The Bertz CT molecular complexity index is 686. The summed E-state index contributed by atoms with van der Waals surface area (Å²) in [5.74, 6) is 0.330. The molecule has 0 saturated carbocycles. The molecule has 5 heteroatoms. The van der Waals surface area contributed by atoms with Gasteiger partial charge in [-0.05, 0) is 42.3 Å². The Morgan fingerprint density at radius 2 is 2.00 bits per heavy atom. The van der Waals surface area contributed by atoms with E-state index >= 15 is 0 Å². The number of hydrogen-bond donors (Lipinski definition) is 2. The van der Waals surface area contributed by atoms with Crippen LogP contribution in [0.1, 0.15) is 31.7 Å². The number of aromatic amines is 1. The smallest absolute Gasteiger partial charge is 0.255 e. The summed E-state index contributed by atoms with van der Waals surface area (Å²) in [7, 11) is 0. The minimum Gasteiger partial charge on any atom is -0.494 e. The van der Waals surface area contributed by atoms with Crippen LogP contribution in [0.4, 0.5) is 0 Å². The second-order valence-electron chi connectivity index (χ2n) is 4.53. The number of rotatable bonds is 3. The van der Waals surface area contributed by atoms with Crippen molar-refractivity contribution >= 4 is 12.2 Å². The Morgan fingerprint density at radius 1 is 1.37 bits per heavy atom. The Balaban J connectivity index is 2.49. The molecule has 100 valence electrons. The monoisotopic (exact) mass is 276 g/mol. The number of nitrogens with zero attached hydrogens (tertiary/aromatic N) is 1. The maximum Gasteiger partial charge on any atom is 0.255 e. The van der Waals surface area contributed by atoms with Gasteiger partial charge >= 0.3 is 0 Å². The third-order valence-corrected chi connectivity index (χ3v) is 3.54. The molecule has 0 amide bonds. The zero-order valence-corrected chi connectivity index (χ0v) is 11.7. The fourth-order valence-corrected chi connectivity index (χ4v) is 2.22. The van der Waals surface area contributed by atoms with Gasteiger partial charge in [-0.3, -0.25) is 14.3 Å². The average Bonchev–Trinajstić information content (AvgIpc) is 2.37. The van der Waals surface area contributed by atoms with E-state index in [-0.39, 0.29) is 10.7 Å². The Kier molecular flexibility index (Phi) is 3.85. The highest BCUT2D eigenvalue weighted by Gasteiger charge is 2.07. The molecule has 2 rings (SSSR count). The average molecular weight is 276 g/mol. The molecule has 0 bridgehead atoms. The highest BCUT2D eigenvalue weighted by atomic mass is 32.1. The van der Waals surface area contributed by atoms with Crippen LogP contribution in [-0.2, 0) is 0 Å². The number of hydrogen-bond acceptors (Lipinski definition) is 3. The Labute approximate surface area is 116 Å². The first-order chi connectivity index (χ1) is 9.02. The molecule has 0 saturated heterocycles. The second kappa shape index (κ2) is 5.40. The molecule has 2 aromatic rings. The van der Waals surface area contributed by atoms with Crippen molar-refractivity contribution in [2.45, 2.75) is 26.2 Å². The van der Waals surface area contributed by atoms with Crippen molar-refractivity contribution in [1.29, 1.82) is 0 Å². The molecule has 0 spiro atoms. The summed E-state index contributed by atoms with van der Waals surface area (Å²) in [6, 6.07) is 8.90. The molecule has 4 nitrogen and oxygen atoms in total. The van der Waals surface area contributed by atoms with Crippen molar-refractivity contribution in [2.75, 3.05) is 0 Å². The minimum absolute atomic E-state index is 0.162. The Hall–Kier alpha value is -1.88. The summed E-state index contributed by atoms with van der Waals surface area (Å²) < 4.78 is 1.61. The first kappa shape index (κ1) is 13.5. The normalized spacial score (nSPS) is 12.3. The molecule has 1 aromatic heterocycles. The third kappa shape index (κ3) is 2.76. The number of aromatic nitrogens is 2. The van der Waals surface area contributed by atoms with Crippen molar-refractivity contribution in [3.63, 3.8) is 0 Å². The summed E-state index contributed by atoms with van der Waals surface area (Å²) in [5.41, 5.74) is 1.56. The summed E-state index contributed by atoms with van der Waals surface area (Å²) in [6.45, 7) is 4.31. The highest BCUT2D eigenvalue weighted by Crippen LogP contribution is 2.21. The lowest BCUT2D eigenvalue weighted by atomic mass is 9.99. The Morgan fingerprint density at radius 3 is 2.53 bits per heavy atom. The van der Waals surface area contributed by atoms with Crippen LogP contribution in [0.25, 0.3) is 5.69 Å². The maximum atomic E-state index is 11.2. The van der Waals surface area contributed by atoms with Crippen molar-refractivity contribution < 1.29 is 5.11 Å². The lowest BCUT2D eigenvalue weighted by Crippen LogP contribution is -2.10. The predicted octanol–water partition coefficient (Wildman–Crippen LogP) is 3.11. The highest BCUT2D eigenvalue weighted by molar-refractivity contribution is 7.71. The zero-order valence-electron chi connectivity index (χ0n) is 10.9. The molecule has 0 aliphatic carbocycles. The van der Waals surface area contributed by atoms with Gasteiger partial charge in [-0.15, -0.1) is 0 Å². The van der Waals surface area contributed by atoms with Crippen LogP contribution in [0.3, 0.4) is 0 Å². The molecule has 0 aliphatic heterocycles. The number of benzene rings is 1. The summed E-state index contributed by atoms with van der Waals surface area (Å²) >= 11 is 5.06. The molecule has 1 heterocycles. The van der Waals surface area contributed by atoms with E-state index in [1.165, 1.54) is 10.1 Å². The molecule has 0 fully saturated rings. The van der Waals surface area contributed by atoms with Crippen LogP contribution in [-0.4, -0.2) is 14.7 Å². The van der Waals surface area contributed by atoms with E-state index in [0.29, 0.717) is 5.92 Å². The largest absolute Gasteiger partial charge is 0.494 e. The van der Waals surface area contributed by atoms with Crippen LogP contribution < -0.4 is 5.56 Å². The summed E-state index contributed by atoms with van der Waals surface area (Å²) in [4.78, 5) is 13.7. The SMILES string of the molecule is CCC(C)c1ccc(-n2c(O)cc(=O)[nH]c2=S)cc1. The van der Waals surface area contributed by atoms with Crippen LogP contribution in [0.5, 0.6) is 5.88 Å². The van der Waals surface area contributed by atoms with Crippen LogP contribution in [0, 0.1) is 4.77 Å². The van der Waals surface area contributed by atoms with Crippen molar-refractivity contribution in [1.82, 2.24) is 9.55 Å². The van der Waals surface area contributed by atoms with E-state index in [0.717, 1.165) is 18.2 Å². The maximum absolute atomic E-state index is 11.2. The van der Waals surface area contributed by atoms with Gasteiger partial charge in [0.1, 0.15) is 0 Å². The van der Waals surface area contributed by atoms with Gasteiger partial charge in [-0.1, -0.05) is 26.0 Å². The third-order valence-electron chi connectivity index (χ3n) is 3.26. The van der Waals surface area contributed by atoms with Crippen molar-refractivity contribution in [2.24, 2.45) is 0 Å². The minimum atomic E-state index is -0.407. The van der Waals surface area contributed by atoms with E-state index in [9.17, 15) is 9.90 Å². The predicted molar refractivity (Wildman–Crippen MR) is 77.6 cm³/mol. The first-order valence-corrected chi connectivity index (χ1v) is 6.59.